The summed E-state index contributed by atoms with van der Waals surface area (Å²) in [5, 5.41) is 0.502. The number of ether oxygens (including phenoxy) is 2. The molecule has 3 heterocycles. The van der Waals surface area contributed by atoms with Gasteiger partial charge >= 0.3 is 0 Å². The molecular formula is C25H28Cl2N7O3+. The minimum atomic E-state index is -0.509. The van der Waals surface area contributed by atoms with Crippen molar-refractivity contribution >= 4 is 46.6 Å². The standard InChI is InChI=1S/C25H27Cl2N7O3/c1-33-8-10-34(11-9-33)19-7-4-14(13-30-19)25(35)32-24(29)15-5-6-16(31-23(15)28)20-21(26)17(36-2)12-18(37-3)22(20)27/h4-7,12-13H,8-11H2,1-3H3,(H2,28,31)(H2,29,32,35)/p+1. The second-order valence-electron chi connectivity index (χ2n) is 8.47. The van der Waals surface area contributed by atoms with Crippen LogP contribution in [0, 0.1) is 0 Å². The van der Waals surface area contributed by atoms with Crippen LogP contribution in [0.2, 0.25) is 10.0 Å². The quantitative estimate of drug-likeness (QED) is 0.357. The highest BCUT2D eigenvalue weighted by molar-refractivity contribution is 6.41. The van der Waals surface area contributed by atoms with E-state index in [4.69, 9.17) is 44.1 Å². The Bertz CT molecular complexity index is 1310. The molecule has 0 spiro atoms. The van der Waals surface area contributed by atoms with E-state index in [1.54, 1.807) is 30.5 Å². The van der Waals surface area contributed by atoms with Crippen LogP contribution in [0.4, 0.5) is 11.6 Å². The number of aromatic amines is 1. The van der Waals surface area contributed by atoms with Gasteiger partial charge < -0.3 is 20.9 Å². The zero-order valence-electron chi connectivity index (χ0n) is 20.7. The molecule has 1 saturated heterocycles. The van der Waals surface area contributed by atoms with Crippen molar-refractivity contribution in [3.63, 3.8) is 0 Å². The zero-order valence-corrected chi connectivity index (χ0v) is 22.2. The fourth-order valence-corrected chi connectivity index (χ4v) is 4.66. The molecule has 1 amide bonds. The number of H-pyrrole nitrogens is 1. The van der Waals surface area contributed by atoms with Gasteiger partial charge in [0.1, 0.15) is 29.3 Å². The van der Waals surface area contributed by atoms with Crippen molar-refractivity contribution in [2.75, 3.05) is 58.1 Å². The predicted molar refractivity (Wildman–Crippen MR) is 145 cm³/mol. The van der Waals surface area contributed by atoms with E-state index < -0.39 is 5.91 Å². The van der Waals surface area contributed by atoms with Crippen LogP contribution in [0.3, 0.4) is 0 Å². The van der Waals surface area contributed by atoms with Gasteiger partial charge in [0.25, 0.3) is 11.7 Å². The van der Waals surface area contributed by atoms with E-state index in [1.807, 2.05) is 6.07 Å². The molecule has 12 heteroatoms. The van der Waals surface area contributed by atoms with E-state index in [-0.39, 0.29) is 21.7 Å². The van der Waals surface area contributed by atoms with Crippen LogP contribution in [0.1, 0.15) is 15.9 Å². The first-order chi connectivity index (χ1) is 17.7. The maximum Gasteiger partial charge on any atom is 0.282 e. The number of aromatic nitrogens is 2. The number of anilines is 2. The number of hydrogen-bond donors (Lipinski definition) is 2. The lowest BCUT2D eigenvalue weighted by Crippen LogP contribution is -2.46. The number of amides is 1. The van der Waals surface area contributed by atoms with Crippen LogP contribution < -0.4 is 30.8 Å². The third-order valence-corrected chi connectivity index (χ3v) is 6.89. The fraction of sp³-hybridized carbons (Fsp3) is 0.280. The minimum absolute atomic E-state index is 0.0532. The van der Waals surface area contributed by atoms with Crippen molar-refractivity contribution in [1.29, 1.82) is 0 Å². The molecule has 1 aliphatic rings. The Balaban J connectivity index is 1.57. The Morgan fingerprint density at radius 2 is 1.70 bits per heavy atom. The number of aliphatic imine (C=N–C) groups is 1. The molecule has 0 unspecified atom stereocenters. The first-order valence-electron chi connectivity index (χ1n) is 11.4. The summed E-state index contributed by atoms with van der Waals surface area (Å²) in [7, 11) is 5.06. The summed E-state index contributed by atoms with van der Waals surface area (Å²) >= 11 is 13.0. The molecule has 1 aromatic carbocycles. The van der Waals surface area contributed by atoms with Crippen LogP contribution in [0.25, 0.3) is 11.3 Å². The molecule has 3 aromatic rings. The molecule has 10 nitrogen and oxygen atoms in total. The van der Waals surface area contributed by atoms with Gasteiger partial charge in [-0.15, -0.1) is 0 Å². The lowest BCUT2D eigenvalue weighted by atomic mass is 10.1. The molecule has 0 aliphatic carbocycles. The Morgan fingerprint density at radius 1 is 1.05 bits per heavy atom. The Kier molecular flexibility index (Phi) is 8.01. The number of halogens is 2. The van der Waals surface area contributed by atoms with E-state index in [1.165, 1.54) is 14.2 Å². The van der Waals surface area contributed by atoms with Gasteiger partial charge in [0, 0.05) is 30.8 Å². The molecule has 0 saturated carbocycles. The number of rotatable bonds is 6. The highest BCUT2D eigenvalue weighted by Crippen LogP contribution is 2.45. The van der Waals surface area contributed by atoms with Gasteiger partial charge in [-0.05, 0) is 25.2 Å². The van der Waals surface area contributed by atoms with Gasteiger partial charge in [-0.2, -0.15) is 4.99 Å². The van der Waals surface area contributed by atoms with Crippen LogP contribution in [-0.4, -0.2) is 69.1 Å². The number of nitrogen functional groups attached to an aromatic ring is 1. The van der Waals surface area contributed by atoms with Crippen molar-refractivity contribution in [3.8, 4) is 22.8 Å². The molecule has 5 N–H and O–H groups in total. The summed E-state index contributed by atoms with van der Waals surface area (Å²) in [6, 6.07) is 8.39. The molecular weight excluding hydrogens is 517 g/mol. The summed E-state index contributed by atoms with van der Waals surface area (Å²) in [6.45, 7) is 3.78. The lowest BCUT2D eigenvalue weighted by molar-refractivity contribution is -0.364. The number of nitrogens with one attached hydrogen (secondary N) is 1. The number of likely N-dealkylation sites (N-methyl/N-ethyl adjacent to an activating group) is 1. The summed E-state index contributed by atoms with van der Waals surface area (Å²) in [4.78, 5) is 28.9. The van der Waals surface area contributed by atoms with Crippen LogP contribution in [0.15, 0.2) is 41.5 Å². The maximum absolute atomic E-state index is 12.8. The zero-order chi connectivity index (χ0) is 26.7. The topological polar surface area (TPSA) is 133 Å². The Hall–Kier alpha value is -3.60. The number of methoxy groups -OCH3 is 2. The van der Waals surface area contributed by atoms with E-state index >= 15 is 0 Å². The lowest BCUT2D eigenvalue weighted by Gasteiger charge is -2.27. The first kappa shape index (κ1) is 26.5. The van der Waals surface area contributed by atoms with E-state index in [0.29, 0.717) is 33.9 Å². The van der Waals surface area contributed by atoms with Gasteiger partial charge in [0.15, 0.2) is 0 Å². The van der Waals surface area contributed by atoms with Crippen molar-refractivity contribution in [2.24, 2.45) is 10.7 Å². The number of benzene rings is 1. The van der Waals surface area contributed by atoms with Crippen molar-refractivity contribution < 1.29 is 19.3 Å². The third kappa shape index (κ3) is 5.56. The summed E-state index contributed by atoms with van der Waals surface area (Å²) in [6.07, 6.45) is 1.62. The molecule has 1 fully saturated rings. The highest BCUT2D eigenvalue weighted by Gasteiger charge is 2.23. The molecule has 4 rings (SSSR count). The number of carbonyl (C=O) groups is 1. The normalized spacial score (nSPS) is 14.5. The van der Waals surface area contributed by atoms with Gasteiger partial charge in [0.2, 0.25) is 0 Å². The van der Waals surface area contributed by atoms with Crippen molar-refractivity contribution in [2.45, 2.75) is 0 Å². The van der Waals surface area contributed by atoms with Gasteiger partial charge in [-0.3, -0.25) is 14.6 Å². The SMILES string of the molecule is COc1cc(OC)c(Cl)c(-c2ccc(C(N)=NC(=O)c3ccc(N4CCN(C)CC4)[nH+]c3)c(N)n2)c1Cl. The maximum atomic E-state index is 12.8. The second kappa shape index (κ2) is 11.2. The van der Waals surface area contributed by atoms with E-state index in [2.05, 4.69) is 31.8 Å². The first-order valence-corrected chi connectivity index (χ1v) is 12.2. The van der Waals surface area contributed by atoms with Crippen molar-refractivity contribution in [3.05, 3.63) is 57.7 Å². The molecule has 0 bridgehead atoms. The van der Waals surface area contributed by atoms with Gasteiger partial charge in [0.05, 0.1) is 54.2 Å². The van der Waals surface area contributed by atoms with Crippen molar-refractivity contribution in [1.82, 2.24) is 9.88 Å². The summed E-state index contributed by atoms with van der Waals surface area (Å²) in [5.74, 6) is 1.15. The minimum Gasteiger partial charge on any atom is -0.495 e. The fourth-order valence-electron chi connectivity index (χ4n) is 3.97. The monoisotopic (exact) mass is 544 g/mol. The highest BCUT2D eigenvalue weighted by atomic mass is 35.5. The van der Waals surface area contributed by atoms with E-state index in [9.17, 15) is 4.79 Å². The molecule has 1 aliphatic heterocycles. The molecule has 0 radical (unpaired) electrons. The molecule has 37 heavy (non-hydrogen) atoms. The van der Waals surface area contributed by atoms with Gasteiger partial charge in [-0.1, -0.05) is 23.2 Å². The Morgan fingerprint density at radius 3 is 2.24 bits per heavy atom. The van der Waals surface area contributed by atoms with Crippen LogP contribution in [0.5, 0.6) is 11.5 Å². The average molecular weight is 545 g/mol. The molecule has 0 atom stereocenters. The molecule has 2 aromatic heterocycles. The average Bonchev–Trinajstić information content (AvgIpc) is 2.89. The number of nitrogens with zero attached hydrogens (tertiary/aromatic N) is 4. The third-order valence-electron chi connectivity index (χ3n) is 6.14. The predicted octanol–water partition coefficient (Wildman–Crippen LogP) is 2.77. The Labute approximate surface area is 224 Å². The summed E-state index contributed by atoms with van der Waals surface area (Å²) in [5.41, 5.74) is 13.7. The number of carbonyl (C=O) groups excluding carboxylic acids is 1. The summed E-state index contributed by atoms with van der Waals surface area (Å²) < 4.78 is 10.6. The second-order valence-corrected chi connectivity index (χ2v) is 9.22. The number of amidine groups is 1. The smallest absolute Gasteiger partial charge is 0.282 e. The molecule has 194 valence electrons. The number of piperazine rings is 1. The number of hydrogen-bond acceptors (Lipinski definition) is 7. The van der Waals surface area contributed by atoms with Crippen LogP contribution >= 0.6 is 23.2 Å². The van der Waals surface area contributed by atoms with Crippen LogP contribution in [-0.2, 0) is 0 Å². The van der Waals surface area contributed by atoms with E-state index in [0.717, 1.165) is 32.0 Å². The van der Waals surface area contributed by atoms with Gasteiger partial charge in [-0.25, -0.2) is 9.97 Å². The number of nitrogens with two attached hydrogens (primary N) is 2. The number of pyridine rings is 2. The largest absolute Gasteiger partial charge is 0.495 e.